The highest BCUT2D eigenvalue weighted by molar-refractivity contribution is 5.94. The van der Waals surface area contributed by atoms with Gasteiger partial charge in [0.2, 0.25) is 0 Å². The van der Waals surface area contributed by atoms with Gasteiger partial charge in [-0.05, 0) is 50.2 Å². The molecule has 1 aromatic heterocycles. The van der Waals surface area contributed by atoms with Gasteiger partial charge < -0.3 is 14.9 Å². The minimum Gasteiger partial charge on any atom is -0.481 e. The smallest absolute Gasteiger partial charge is 0.303 e. The number of rotatable bonds is 5. The highest BCUT2D eigenvalue weighted by Crippen LogP contribution is 2.23. The first kappa shape index (κ1) is 18.7. The van der Waals surface area contributed by atoms with Crippen molar-refractivity contribution in [3.63, 3.8) is 0 Å². The van der Waals surface area contributed by atoms with Crippen molar-refractivity contribution in [2.75, 3.05) is 31.1 Å². The summed E-state index contributed by atoms with van der Waals surface area (Å²) in [4.78, 5) is 32.3. The number of pyridine rings is 1. The Kier molecular flexibility index (Phi) is 6.47. The van der Waals surface area contributed by atoms with Gasteiger partial charge in [-0.3, -0.25) is 9.59 Å². The Labute approximate surface area is 155 Å². The van der Waals surface area contributed by atoms with Crippen molar-refractivity contribution < 1.29 is 14.7 Å². The second kappa shape index (κ2) is 9.01. The van der Waals surface area contributed by atoms with Crippen LogP contribution < -0.4 is 4.90 Å². The van der Waals surface area contributed by atoms with E-state index in [2.05, 4.69) is 9.88 Å². The molecule has 0 radical (unpaired) electrons. The van der Waals surface area contributed by atoms with Crippen LogP contribution >= 0.6 is 0 Å². The molecule has 0 aliphatic carbocycles. The molecule has 0 saturated carbocycles. The van der Waals surface area contributed by atoms with Crippen LogP contribution in [0.5, 0.6) is 0 Å². The Balaban J connectivity index is 1.59. The number of likely N-dealkylation sites (tertiary alicyclic amines) is 1. The number of anilines is 1. The molecule has 142 valence electrons. The maximum atomic E-state index is 12.8. The van der Waals surface area contributed by atoms with Crippen molar-refractivity contribution >= 4 is 17.7 Å². The van der Waals surface area contributed by atoms with Crippen LogP contribution in [-0.4, -0.2) is 53.0 Å². The molecule has 0 unspecified atom stereocenters. The summed E-state index contributed by atoms with van der Waals surface area (Å²) in [6.07, 6.45) is 9.43. The third kappa shape index (κ3) is 4.96. The van der Waals surface area contributed by atoms with Gasteiger partial charge in [0, 0.05) is 38.8 Å². The van der Waals surface area contributed by atoms with E-state index in [4.69, 9.17) is 5.11 Å². The van der Waals surface area contributed by atoms with Gasteiger partial charge in [-0.15, -0.1) is 0 Å². The number of amides is 1. The van der Waals surface area contributed by atoms with E-state index in [9.17, 15) is 9.59 Å². The molecule has 0 spiro atoms. The molecule has 6 heteroatoms. The monoisotopic (exact) mass is 359 g/mol. The zero-order valence-corrected chi connectivity index (χ0v) is 15.4. The minimum absolute atomic E-state index is 0.0138. The molecule has 3 rings (SSSR count). The summed E-state index contributed by atoms with van der Waals surface area (Å²) in [6.45, 7) is 3.48. The first-order valence-corrected chi connectivity index (χ1v) is 9.85. The zero-order valence-electron chi connectivity index (χ0n) is 15.4. The van der Waals surface area contributed by atoms with Gasteiger partial charge in [0.25, 0.3) is 5.91 Å². The fraction of sp³-hybridized carbons (Fsp3) is 0.650. The van der Waals surface area contributed by atoms with Crippen LogP contribution in [0.2, 0.25) is 0 Å². The first-order valence-electron chi connectivity index (χ1n) is 9.85. The predicted molar refractivity (Wildman–Crippen MR) is 100 cm³/mol. The van der Waals surface area contributed by atoms with Crippen molar-refractivity contribution in [3.8, 4) is 0 Å². The van der Waals surface area contributed by atoms with E-state index in [-0.39, 0.29) is 18.2 Å². The highest BCUT2D eigenvalue weighted by atomic mass is 16.4. The van der Waals surface area contributed by atoms with Crippen molar-refractivity contribution in [1.82, 2.24) is 9.88 Å². The maximum absolute atomic E-state index is 12.8. The quantitative estimate of drug-likeness (QED) is 0.874. The maximum Gasteiger partial charge on any atom is 0.303 e. The topological polar surface area (TPSA) is 73.7 Å². The number of hydrogen-bond donors (Lipinski definition) is 1. The molecule has 2 saturated heterocycles. The third-order valence-electron chi connectivity index (χ3n) is 5.50. The number of carbonyl (C=O) groups is 2. The molecular formula is C20H29N3O3. The minimum atomic E-state index is -0.762. The number of hydrogen-bond acceptors (Lipinski definition) is 4. The highest BCUT2D eigenvalue weighted by Gasteiger charge is 2.25. The van der Waals surface area contributed by atoms with Gasteiger partial charge in [-0.1, -0.05) is 12.8 Å². The summed E-state index contributed by atoms with van der Waals surface area (Å²) in [6, 6.07) is 3.85. The lowest BCUT2D eigenvalue weighted by molar-refractivity contribution is -0.137. The van der Waals surface area contributed by atoms with E-state index in [0.717, 1.165) is 38.3 Å². The Morgan fingerprint density at radius 3 is 2.50 bits per heavy atom. The summed E-state index contributed by atoms with van der Waals surface area (Å²) in [7, 11) is 0. The summed E-state index contributed by atoms with van der Waals surface area (Å²) in [5.41, 5.74) is 0.627. The van der Waals surface area contributed by atoms with Crippen LogP contribution in [0.25, 0.3) is 0 Å². The number of nitrogens with zero attached hydrogens (tertiary/aromatic N) is 3. The number of aliphatic carboxylic acids is 1. The number of piperidine rings is 1. The Morgan fingerprint density at radius 1 is 1.08 bits per heavy atom. The van der Waals surface area contributed by atoms with Crippen LogP contribution in [0.15, 0.2) is 18.3 Å². The summed E-state index contributed by atoms with van der Waals surface area (Å²) < 4.78 is 0. The van der Waals surface area contributed by atoms with Crippen LogP contribution in [0, 0.1) is 5.92 Å². The lowest BCUT2D eigenvalue weighted by Gasteiger charge is -2.32. The van der Waals surface area contributed by atoms with E-state index >= 15 is 0 Å². The fourth-order valence-electron chi connectivity index (χ4n) is 3.99. The number of aromatic nitrogens is 1. The van der Waals surface area contributed by atoms with E-state index in [0.29, 0.717) is 18.5 Å². The van der Waals surface area contributed by atoms with Gasteiger partial charge >= 0.3 is 5.97 Å². The molecule has 1 amide bonds. The average Bonchev–Trinajstić information content (AvgIpc) is 2.96. The molecule has 1 N–H and O–H groups in total. The molecule has 0 bridgehead atoms. The van der Waals surface area contributed by atoms with Crippen molar-refractivity contribution in [3.05, 3.63) is 23.9 Å². The lowest BCUT2D eigenvalue weighted by atomic mass is 9.93. The van der Waals surface area contributed by atoms with E-state index in [1.54, 1.807) is 6.20 Å². The van der Waals surface area contributed by atoms with E-state index < -0.39 is 5.97 Å². The van der Waals surface area contributed by atoms with Gasteiger partial charge in [-0.25, -0.2) is 4.98 Å². The number of carboxylic acids is 1. The normalized spacial score (nSPS) is 21.3. The van der Waals surface area contributed by atoms with E-state index in [1.807, 2.05) is 17.0 Å². The molecule has 3 heterocycles. The molecule has 26 heavy (non-hydrogen) atoms. The van der Waals surface area contributed by atoms with Crippen LogP contribution in [0.1, 0.15) is 61.7 Å². The van der Waals surface area contributed by atoms with Gasteiger partial charge in [-0.2, -0.15) is 0 Å². The third-order valence-corrected chi connectivity index (χ3v) is 5.50. The molecular weight excluding hydrogens is 330 g/mol. The van der Waals surface area contributed by atoms with Crippen molar-refractivity contribution in [1.29, 1.82) is 0 Å². The van der Waals surface area contributed by atoms with Crippen LogP contribution in [0.3, 0.4) is 0 Å². The van der Waals surface area contributed by atoms with Gasteiger partial charge in [0.1, 0.15) is 5.82 Å². The zero-order chi connectivity index (χ0) is 18.4. The molecule has 2 aliphatic rings. The van der Waals surface area contributed by atoms with E-state index in [1.165, 1.54) is 25.7 Å². The number of carboxylic acid groups (broad SMARTS) is 1. The molecule has 2 aliphatic heterocycles. The second-order valence-corrected chi connectivity index (χ2v) is 7.50. The SMILES string of the molecule is O=C(O)CC[C@@H]1CCCN(C(=O)c2ccc(N3CCCCCC3)nc2)C1. The standard InChI is InChI=1S/C20H29N3O3/c24-19(25)10-7-16-6-5-13-23(15-16)20(26)17-8-9-18(21-14-17)22-11-3-1-2-4-12-22/h8-9,14,16H,1-7,10-13,15H2,(H,24,25)/t16-/m0/s1. The fourth-order valence-corrected chi connectivity index (χ4v) is 3.99. The summed E-state index contributed by atoms with van der Waals surface area (Å²) >= 11 is 0. The largest absolute Gasteiger partial charge is 0.481 e. The van der Waals surface area contributed by atoms with Crippen LogP contribution in [-0.2, 0) is 4.79 Å². The number of carbonyl (C=O) groups excluding carboxylic acids is 1. The Morgan fingerprint density at radius 2 is 1.85 bits per heavy atom. The van der Waals surface area contributed by atoms with Crippen molar-refractivity contribution in [2.45, 2.75) is 51.4 Å². The molecule has 1 atom stereocenters. The first-order chi connectivity index (χ1) is 12.6. The Hall–Kier alpha value is -2.11. The van der Waals surface area contributed by atoms with Gasteiger partial charge in [0.05, 0.1) is 5.56 Å². The molecule has 6 nitrogen and oxygen atoms in total. The Bertz CT molecular complexity index is 609. The second-order valence-electron chi connectivity index (χ2n) is 7.50. The van der Waals surface area contributed by atoms with Gasteiger partial charge in [0.15, 0.2) is 0 Å². The van der Waals surface area contributed by atoms with Crippen LogP contribution in [0.4, 0.5) is 5.82 Å². The predicted octanol–water partition coefficient (Wildman–Crippen LogP) is 3.18. The summed E-state index contributed by atoms with van der Waals surface area (Å²) in [5, 5.41) is 8.86. The molecule has 1 aromatic rings. The van der Waals surface area contributed by atoms with Crippen molar-refractivity contribution in [2.24, 2.45) is 5.92 Å². The average molecular weight is 359 g/mol. The lowest BCUT2D eigenvalue weighted by Crippen LogP contribution is -2.40. The molecule has 2 fully saturated rings. The molecule has 0 aromatic carbocycles. The summed E-state index contributed by atoms with van der Waals surface area (Å²) in [5.74, 6) is 0.497.